The lowest BCUT2D eigenvalue weighted by Gasteiger charge is -2.08. The van der Waals surface area contributed by atoms with Gasteiger partial charge in [0.1, 0.15) is 0 Å². The van der Waals surface area contributed by atoms with E-state index in [1.54, 1.807) is 0 Å². The van der Waals surface area contributed by atoms with E-state index in [2.05, 4.69) is 27.6 Å². The van der Waals surface area contributed by atoms with Gasteiger partial charge in [-0.05, 0) is 42.7 Å². The molecule has 5 nitrogen and oxygen atoms in total. The second-order valence-corrected chi connectivity index (χ2v) is 7.12. The topological polar surface area (TPSA) is 66.5 Å². The number of oxime groups is 1. The Kier molecular flexibility index (Phi) is 5.12. The van der Waals surface area contributed by atoms with Gasteiger partial charge in [-0.2, -0.15) is 0 Å². The van der Waals surface area contributed by atoms with Gasteiger partial charge in [0.2, 0.25) is 6.10 Å². The van der Waals surface area contributed by atoms with E-state index in [1.807, 2.05) is 42.5 Å². The average molecular weight is 382 g/mol. The Labute approximate surface area is 162 Å². The molecule has 0 spiro atoms. The summed E-state index contributed by atoms with van der Waals surface area (Å²) in [5, 5.41) is 8.71. The normalized spacial score (nSPS) is 16.2. The van der Waals surface area contributed by atoms with Crippen molar-refractivity contribution in [3.63, 3.8) is 0 Å². The van der Waals surface area contributed by atoms with E-state index in [-0.39, 0.29) is 5.91 Å². The SMILES string of the molecule is O=C(NCc1cc2cc(Cl)ccc2[nH]1)C1CC(CCc2ccccc2)=NO1. The highest BCUT2D eigenvalue weighted by molar-refractivity contribution is 6.31. The highest BCUT2D eigenvalue weighted by atomic mass is 35.5. The number of fused-ring (bicyclic) bond motifs is 1. The van der Waals surface area contributed by atoms with Crippen LogP contribution in [0.25, 0.3) is 10.9 Å². The van der Waals surface area contributed by atoms with Crippen molar-refractivity contribution >= 4 is 34.1 Å². The molecule has 0 fully saturated rings. The number of aryl methyl sites for hydroxylation is 1. The van der Waals surface area contributed by atoms with Crippen molar-refractivity contribution in [2.75, 3.05) is 0 Å². The van der Waals surface area contributed by atoms with Gasteiger partial charge >= 0.3 is 0 Å². The number of halogens is 1. The van der Waals surface area contributed by atoms with Gasteiger partial charge in [0.15, 0.2) is 0 Å². The van der Waals surface area contributed by atoms with Crippen LogP contribution < -0.4 is 5.32 Å². The maximum absolute atomic E-state index is 12.4. The number of benzene rings is 2. The van der Waals surface area contributed by atoms with E-state index in [0.29, 0.717) is 18.0 Å². The predicted molar refractivity (Wildman–Crippen MR) is 107 cm³/mol. The smallest absolute Gasteiger partial charge is 0.264 e. The molecule has 2 N–H and O–H groups in total. The summed E-state index contributed by atoms with van der Waals surface area (Å²) in [6.45, 7) is 0.407. The molecule has 1 aromatic heterocycles. The van der Waals surface area contributed by atoms with Crippen molar-refractivity contribution < 1.29 is 9.63 Å². The third kappa shape index (κ3) is 4.31. The van der Waals surface area contributed by atoms with Crippen LogP contribution in [0.2, 0.25) is 5.02 Å². The zero-order chi connectivity index (χ0) is 18.6. The fraction of sp³-hybridized carbons (Fsp3) is 0.238. The summed E-state index contributed by atoms with van der Waals surface area (Å²) in [5.41, 5.74) is 4.10. The molecule has 0 saturated carbocycles. The first-order valence-electron chi connectivity index (χ1n) is 8.98. The third-order valence-electron chi connectivity index (χ3n) is 4.66. The molecule has 2 aromatic carbocycles. The molecule has 3 aromatic rings. The molecule has 2 heterocycles. The molecule has 1 aliphatic heterocycles. The lowest BCUT2D eigenvalue weighted by molar-refractivity contribution is -0.131. The number of hydrogen-bond acceptors (Lipinski definition) is 3. The zero-order valence-corrected chi connectivity index (χ0v) is 15.5. The molecule has 1 aliphatic rings. The standard InChI is InChI=1S/C21H20ClN3O2/c22-16-7-9-19-15(10-16)11-18(24-19)13-23-21(26)20-12-17(25-27-20)8-6-14-4-2-1-3-5-14/h1-5,7,9-11,20,24H,6,8,12-13H2,(H,23,26). The van der Waals surface area contributed by atoms with Gasteiger partial charge in [0.05, 0.1) is 12.3 Å². The van der Waals surface area contributed by atoms with Crippen molar-refractivity contribution in [1.29, 1.82) is 0 Å². The van der Waals surface area contributed by atoms with Gasteiger partial charge in [0, 0.05) is 28.0 Å². The lowest BCUT2D eigenvalue weighted by Crippen LogP contribution is -2.34. The summed E-state index contributed by atoms with van der Waals surface area (Å²) >= 11 is 6.01. The van der Waals surface area contributed by atoms with Crippen molar-refractivity contribution in [1.82, 2.24) is 10.3 Å². The van der Waals surface area contributed by atoms with E-state index < -0.39 is 6.10 Å². The number of rotatable bonds is 6. The largest absolute Gasteiger partial charge is 0.382 e. The van der Waals surface area contributed by atoms with Crippen LogP contribution in [0.5, 0.6) is 0 Å². The van der Waals surface area contributed by atoms with Crippen LogP contribution in [-0.4, -0.2) is 22.7 Å². The van der Waals surface area contributed by atoms with Crippen molar-refractivity contribution in [2.45, 2.75) is 31.9 Å². The fourth-order valence-electron chi connectivity index (χ4n) is 3.20. The molecular formula is C21H20ClN3O2. The first-order valence-corrected chi connectivity index (χ1v) is 9.35. The van der Waals surface area contributed by atoms with Gasteiger partial charge < -0.3 is 15.1 Å². The van der Waals surface area contributed by atoms with Gasteiger partial charge in [-0.3, -0.25) is 4.79 Å². The lowest BCUT2D eigenvalue weighted by atomic mass is 10.0. The number of aromatic nitrogens is 1. The molecule has 0 aliphatic carbocycles. The predicted octanol–water partition coefficient (Wildman–Crippen LogP) is 4.22. The van der Waals surface area contributed by atoms with E-state index in [4.69, 9.17) is 16.4 Å². The Bertz CT molecular complexity index is 982. The van der Waals surface area contributed by atoms with Crippen LogP contribution in [0, 0.1) is 0 Å². The average Bonchev–Trinajstić information content (AvgIpc) is 3.31. The van der Waals surface area contributed by atoms with Gasteiger partial charge in [-0.1, -0.05) is 47.1 Å². The molecule has 1 amide bonds. The van der Waals surface area contributed by atoms with Crippen molar-refractivity contribution in [3.8, 4) is 0 Å². The molecule has 0 bridgehead atoms. The number of hydrogen-bond donors (Lipinski definition) is 2. The molecule has 27 heavy (non-hydrogen) atoms. The van der Waals surface area contributed by atoms with Crippen molar-refractivity contribution in [2.24, 2.45) is 5.16 Å². The summed E-state index contributed by atoms with van der Waals surface area (Å²) < 4.78 is 0. The molecule has 0 radical (unpaired) electrons. The Morgan fingerprint density at radius 1 is 1.19 bits per heavy atom. The van der Waals surface area contributed by atoms with Crippen LogP contribution in [-0.2, 0) is 22.6 Å². The maximum Gasteiger partial charge on any atom is 0.264 e. The summed E-state index contributed by atoms with van der Waals surface area (Å²) in [5.74, 6) is -0.148. The first-order chi connectivity index (χ1) is 13.2. The Morgan fingerprint density at radius 2 is 2.04 bits per heavy atom. The molecular weight excluding hydrogens is 362 g/mol. The number of nitrogens with one attached hydrogen (secondary N) is 2. The van der Waals surface area contributed by atoms with Gasteiger partial charge in [-0.15, -0.1) is 0 Å². The molecule has 6 heteroatoms. The van der Waals surface area contributed by atoms with Gasteiger partial charge in [0.25, 0.3) is 5.91 Å². The quantitative estimate of drug-likeness (QED) is 0.671. The number of carbonyl (C=O) groups excluding carboxylic acids is 1. The Hall–Kier alpha value is -2.79. The number of carbonyl (C=O) groups is 1. The van der Waals surface area contributed by atoms with E-state index in [0.717, 1.165) is 35.2 Å². The van der Waals surface area contributed by atoms with Crippen LogP contribution in [0.1, 0.15) is 24.1 Å². The zero-order valence-electron chi connectivity index (χ0n) is 14.7. The number of H-pyrrole nitrogens is 1. The Morgan fingerprint density at radius 3 is 2.89 bits per heavy atom. The van der Waals surface area contributed by atoms with E-state index in [9.17, 15) is 4.79 Å². The highest BCUT2D eigenvalue weighted by Crippen LogP contribution is 2.20. The molecule has 0 saturated heterocycles. The molecule has 1 atom stereocenters. The minimum atomic E-state index is -0.547. The molecule has 4 rings (SSSR count). The number of amides is 1. The second-order valence-electron chi connectivity index (χ2n) is 6.69. The van der Waals surface area contributed by atoms with Crippen LogP contribution in [0.4, 0.5) is 0 Å². The maximum atomic E-state index is 12.4. The van der Waals surface area contributed by atoms with E-state index in [1.165, 1.54) is 5.56 Å². The number of nitrogens with zero attached hydrogens (tertiary/aromatic N) is 1. The minimum absolute atomic E-state index is 0.148. The fourth-order valence-corrected chi connectivity index (χ4v) is 3.38. The number of aromatic amines is 1. The molecule has 1 unspecified atom stereocenters. The molecule has 138 valence electrons. The Balaban J connectivity index is 1.26. The van der Waals surface area contributed by atoms with Crippen molar-refractivity contribution in [3.05, 3.63) is 70.9 Å². The minimum Gasteiger partial charge on any atom is -0.382 e. The summed E-state index contributed by atoms with van der Waals surface area (Å²) in [4.78, 5) is 21.0. The summed E-state index contributed by atoms with van der Waals surface area (Å²) in [6, 6.07) is 17.9. The third-order valence-corrected chi connectivity index (χ3v) is 4.89. The second kappa shape index (κ2) is 7.84. The first kappa shape index (κ1) is 17.6. The van der Waals surface area contributed by atoms with Crippen LogP contribution >= 0.6 is 11.6 Å². The van der Waals surface area contributed by atoms with Crippen LogP contribution in [0.15, 0.2) is 59.8 Å². The monoisotopic (exact) mass is 381 g/mol. The summed E-state index contributed by atoms with van der Waals surface area (Å²) in [6.07, 6.45) is 1.70. The van der Waals surface area contributed by atoms with Gasteiger partial charge in [-0.25, -0.2) is 0 Å². The van der Waals surface area contributed by atoms with Crippen LogP contribution in [0.3, 0.4) is 0 Å². The summed E-state index contributed by atoms with van der Waals surface area (Å²) in [7, 11) is 0. The highest BCUT2D eigenvalue weighted by Gasteiger charge is 2.27. The van der Waals surface area contributed by atoms with E-state index >= 15 is 0 Å².